The molecule has 1 atom stereocenters. The monoisotopic (exact) mass is 394 g/mol. The third-order valence-electron chi connectivity index (χ3n) is 4.73. The molecular formula is C21H22N4O4. The van der Waals surface area contributed by atoms with Crippen molar-refractivity contribution in [1.29, 1.82) is 0 Å². The van der Waals surface area contributed by atoms with E-state index in [-0.39, 0.29) is 12.0 Å². The average Bonchev–Trinajstić information content (AvgIpc) is 3.37. The van der Waals surface area contributed by atoms with Crippen molar-refractivity contribution in [3.05, 3.63) is 42.2 Å². The van der Waals surface area contributed by atoms with Crippen LogP contribution in [0, 0.1) is 0 Å². The van der Waals surface area contributed by atoms with Gasteiger partial charge < -0.3 is 24.5 Å². The van der Waals surface area contributed by atoms with Gasteiger partial charge in [0.1, 0.15) is 6.10 Å². The number of aromatic amines is 1. The molecule has 0 saturated carbocycles. The van der Waals surface area contributed by atoms with Gasteiger partial charge in [-0.2, -0.15) is 0 Å². The Hall–Kier alpha value is -3.55. The van der Waals surface area contributed by atoms with Gasteiger partial charge in [-0.1, -0.05) is 0 Å². The number of hydrogen-bond acceptors (Lipinski definition) is 6. The van der Waals surface area contributed by atoms with Crippen molar-refractivity contribution in [2.45, 2.75) is 20.0 Å². The number of aromatic nitrogens is 3. The molecule has 0 bridgehead atoms. The number of benzene rings is 1. The Morgan fingerprint density at radius 1 is 1.24 bits per heavy atom. The van der Waals surface area contributed by atoms with Crippen LogP contribution in [0.4, 0.5) is 0 Å². The summed E-state index contributed by atoms with van der Waals surface area (Å²) in [4.78, 5) is 23.6. The first kappa shape index (κ1) is 18.8. The third kappa shape index (κ3) is 3.73. The number of nitrogens with zero attached hydrogens (tertiary/aromatic N) is 2. The Morgan fingerprint density at radius 2 is 2.10 bits per heavy atom. The molecule has 0 spiro atoms. The molecule has 1 amide bonds. The number of imidazole rings is 1. The summed E-state index contributed by atoms with van der Waals surface area (Å²) < 4.78 is 17.1. The van der Waals surface area contributed by atoms with Crippen LogP contribution in [-0.2, 0) is 4.79 Å². The zero-order chi connectivity index (χ0) is 20.4. The summed E-state index contributed by atoms with van der Waals surface area (Å²) in [6, 6.07) is 7.58. The zero-order valence-electron chi connectivity index (χ0n) is 16.5. The number of carbonyl (C=O) groups excluding carboxylic acids is 1. The quantitative estimate of drug-likeness (QED) is 0.639. The van der Waals surface area contributed by atoms with Crippen LogP contribution in [-0.4, -0.2) is 47.2 Å². The lowest BCUT2D eigenvalue weighted by molar-refractivity contribution is -0.115. The molecule has 3 aromatic rings. The van der Waals surface area contributed by atoms with Crippen molar-refractivity contribution in [3.8, 4) is 28.6 Å². The molecule has 4 rings (SSSR count). The first-order valence-electron chi connectivity index (χ1n) is 9.39. The van der Waals surface area contributed by atoms with Gasteiger partial charge in [0, 0.05) is 18.2 Å². The molecule has 8 nitrogen and oxygen atoms in total. The maximum atomic E-state index is 11.5. The lowest BCUT2D eigenvalue weighted by Gasteiger charge is -2.16. The second-order valence-corrected chi connectivity index (χ2v) is 6.61. The lowest BCUT2D eigenvalue weighted by Crippen LogP contribution is -2.21. The van der Waals surface area contributed by atoms with E-state index in [2.05, 4.69) is 15.3 Å². The van der Waals surface area contributed by atoms with Gasteiger partial charge in [0.25, 0.3) is 0 Å². The molecule has 0 radical (unpaired) electrons. The highest BCUT2D eigenvalue weighted by Crippen LogP contribution is 2.34. The van der Waals surface area contributed by atoms with Gasteiger partial charge in [-0.25, -0.2) is 9.97 Å². The van der Waals surface area contributed by atoms with Crippen molar-refractivity contribution >= 4 is 16.9 Å². The first-order valence-corrected chi connectivity index (χ1v) is 9.39. The lowest BCUT2D eigenvalue weighted by atomic mass is 10.1. The summed E-state index contributed by atoms with van der Waals surface area (Å²) in [6.07, 6.45) is 2.85. The van der Waals surface area contributed by atoms with E-state index in [1.807, 2.05) is 38.1 Å². The fourth-order valence-electron chi connectivity index (χ4n) is 3.21. The maximum absolute atomic E-state index is 11.5. The summed E-state index contributed by atoms with van der Waals surface area (Å²) in [5, 5.41) is 2.75. The molecule has 0 aliphatic carbocycles. The summed E-state index contributed by atoms with van der Waals surface area (Å²) >= 11 is 0. The van der Waals surface area contributed by atoms with E-state index in [0.717, 1.165) is 16.7 Å². The predicted octanol–water partition coefficient (Wildman–Crippen LogP) is 2.86. The number of rotatable bonds is 7. The molecule has 8 heteroatoms. The van der Waals surface area contributed by atoms with Gasteiger partial charge in [0.2, 0.25) is 11.8 Å². The normalized spacial score (nSPS) is 14.4. The molecule has 2 N–H and O–H groups in total. The number of ether oxygens (including phenoxy) is 3. The van der Waals surface area contributed by atoms with Crippen LogP contribution in [0.15, 0.2) is 42.2 Å². The van der Waals surface area contributed by atoms with Gasteiger partial charge in [-0.3, -0.25) is 4.79 Å². The predicted molar refractivity (Wildman–Crippen MR) is 108 cm³/mol. The minimum Gasteiger partial charge on any atom is -0.493 e. The number of H-pyrrole nitrogens is 1. The van der Waals surface area contributed by atoms with E-state index >= 15 is 0 Å². The fraction of sp³-hybridized carbons (Fsp3) is 0.286. The standard InChI is InChI=1S/C21H22N4O4/c1-4-28-17-6-5-13(7-18(17)27-3)15-9-16-20(24-11-23-16)21(25-15)29-12(2)14-8-19(26)22-10-14/h5-9,11-12H,4,10H2,1-3H3,(H,22,26)(H,23,24)/t12-/m1/s1. The molecule has 3 heterocycles. The Bertz CT molecular complexity index is 1090. The van der Waals surface area contributed by atoms with Crippen LogP contribution >= 0.6 is 0 Å². The molecule has 0 unspecified atom stereocenters. The number of fused-ring (bicyclic) bond motifs is 1. The van der Waals surface area contributed by atoms with Crippen molar-refractivity contribution in [2.24, 2.45) is 0 Å². The van der Waals surface area contributed by atoms with E-state index in [9.17, 15) is 4.79 Å². The minimum absolute atomic E-state index is 0.108. The van der Waals surface area contributed by atoms with Gasteiger partial charge in [-0.15, -0.1) is 0 Å². The van der Waals surface area contributed by atoms with Crippen molar-refractivity contribution < 1.29 is 19.0 Å². The van der Waals surface area contributed by atoms with Crippen LogP contribution in [0.2, 0.25) is 0 Å². The smallest absolute Gasteiger partial charge is 0.244 e. The maximum Gasteiger partial charge on any atom is 0.244 e. The largest absolute Gasteiger partial charge is 0.493 e. The number of amides is 1. The number of methoxy groups -OCH3 is 1. The molecule has 1 aromatic carbocycles. The highest BCUT2D eigenvalue weighted by atomic mass is 16.5. The second-order valence-electron chi connectivity index (χ2n) is 6.61. The van der Waals surface area contributed by atoms with E-state index in [1.165, 1.54) is 0 Å². The Labute approximate surface area is 167 Å². The van der Waals surface area contributed by atoms with Gasteiger partial charge in [0.05, 0.1) is 31.3 Å². The molecule has 1 aliphatic heterocycles. The van der Waals surface area contributed by atoms with Crippen LogP contribution in [0.1, 0.15) is 13.8 Å². The highest BCUT2D eigenvalue weighted by Gasteiger charge is 2.21. The third-order valence-corrected chi connectivity index (χ3v) is 4.73. The summed E-state index contributed by atoms with van der Waals surface area (Å²) in [6.45, 7) is 4.84. The van der Waals surface area contributed by atoms with E-state index < -0.39 is 0 Å². The Balaban J connectivity index is 1.71. The number of hydrogen-bond donors (Lipinski definition) is 2. The minimum atomic E-state index is -0.313. The molecule has 1 aliphatic rings. The van der Waals surface area contributed by atoms with Gasteiger partial charge >= 0.3 is 0 Å². The Morgan fingerprint density at radius 3 is 2.83 bits per heavy atom. The topological polar surface area (TPSA) is 98.4 Å². The SMILES string of the molecule is CCOc1ccc(-c2cc3[nH]cnc3c(O[C@H](C)C3=CC(=O)NC3)n2)cc1OC. The van der Waals surface area contributed by atoms with Crippen LogP contribution < -0.4 is 19.5 Å². The van der Waals surface area contributed by atoms with E-state index in [1.54, 1.807) is 19.5 Å². The van der Waals surface area contributed by atoms with Gasteiger partial charge in [0.15, 0.2) is 17.0 Å². The average molecular weight is 394 g/mol. The number of carbonyl (C=O) groups is 1. The second kappa shape index (κ2) is 7.83. The summed E-state index contributed by atoms with van der Waals surface area (Å²) in [5.41, 5.74) is 3.88. The molecule has 0 fully saturated rings. The Kier molecular flexibility index (Phi) is 5.07. The molecule has 150 valence electrons. The van der Waals surface area contributed by atoms with Crippen molar-refractivity contribution in [1.82, 2.24) is 20.3 Å². The van der Waals surface area contributed by atoms with E-state index in [4.69, 9.17) is 19.2 Å². The number of nitrogens with one attached hydrogen (secondary N) is 2. The van der Waals surface area contributed by atoms with Crippen LogP contribution in [0.3, 0.4) is 0 Å². The van der Waals surface area contributed by atoms with Crippen LogP contribution in [0.25, 0.3) is 22.3 Å². The van der Waals surface area contributed by atoms with Crippen LogP contribution in [0.5, 0.6) is 17.4 Å². The van der Waals surface area contributed by atoms with Crippen molar-refractivity contribution in [3.63, 3.8) is 0 Å². The fourth-order valence-corrected chi connectivity index (χ4v) is 3.21. The highest BCUT2D eigenvalue weighted by molar-refractivity contribution is 5.91. The van der Waals surface area contributed by atoms with Crippen molar-refractivity contribution in [2.75, 3.05) is 20.3 Å². The number of pyridine rings is 1. The molecule has 0 saturated heterocycles. The summed E-state index contributed by atoms with van der Waals surface area (Å²) in [5.74, 6) is 1.60. The molecule has 2 aromatic heterocycles. The van der Waals surface area contributed by atoms with Gasteiger partial charge in [-0.05, 0) is 43.7 Å². The summed E-state index contributed by atoms with van der Waals surface area (Å²) in [7, 11) is 1.61. The van der Waals surface area contributed by atoms with E-state index in [0.29, 0.717) is 41.7 Å². The zero-order valence-corrected chi connectivity index (χ0v) is 16.5. The molecule has 29 heavy (non-hydrogen) atoms. The molecular weight excluding hydrogens is 372 g/mol. The first-order chi connectivity index (χ1) is 14.1.